The zero-order valence-electron chi connectivity index (χ0n) is 10.2. The van der Waals surface area contributed by atoms with Gasteiger partial charge in [0.15, 0.2) is 0 Å². The van der Waals surface area contributed by atoms with E-state index in [9.17, 15) is 0 Å². The molecule has 2 nitrogen and oxygen atoms in total. The first-order chi connectivity index (χ1) is 8.23. The zero-order chi connectivity index (χ0) is 11.5. The van der Waals surface area contributed by atoms with E-state index in [2.05, 4.69) is 17.2 Å². The van der Waals surface area contributed by atoms with Gasteiger partial charge in [0.2, 0.25) is 0 Å². The highest BCUT2D eigenvalue weighted by molar-refractivity contribution is 5.41. The summed E-state index contributed by atoms with van der Waals surface area (Å²) < 4.78 is 0. The molecule has 0 radical (unpaired) electrons. The van der Waals surface area contributed by atoms with Crippen molar-refractivity contribution in [3.8, 4) is 0 Å². The van der Waals surface area contributed by atoms with Crippen molar-refractivity contribution in [3.63, 3.8) is 0 Å². The van der Waals surface area contributed by atoms with Crippen molar-refractivity contribution in [3.05, 3.63) is 24.0 Å². The van der Waals surface area contributed by atoms with Crippen molar-refractivity contribution in [2.75, 3.05) is 5.73 Å². The number of nitrogens with two attached hydrogens (primary N) is 1. The second-order valence-electron chi connectivity index (χ2n) is 6.70. The molecule has 4 saturated carbocycles. The molecule has 4 bridgehead atoms. The lowest BCUT2D eigenvalue weighted by molar-refractivity contribution is -0.00531. The predicted octanol–water partition coefficient (Wildman–Crippen LogP) is 3.13. The van der Waals surface area contributed by atoms with E-state index < -0.39 is 0 Å². The Morgan fingerprint density at radius 2 is 1.59 bits per heavy atom. The highest BCUT2D eigenvalue weighted by Gasteiger charge is 2.51. The van der Waals surface area contributed by atoms with E-state index in [0.717, 1.165) is 23.4 Å². The van der Waals surface area contributed by atoms with E-state index in [1.54, 1.807) is 6.20 Å². The topological polar surface area (TPSA) is 38.9 Å². The van der Waals surface area contributed by atoms with Gasteiger partial charge in [0.05, 0.1) is 5.69 Å². The fourth-order valence-corrected chi connectivity index (χ4v) is 5.21. The maximum absolute atomic E-state index is 5.91. The molecule has 5 rings (SSSR count). The zero-order valence-corrected chi connectivity index (χ0v) is 10.2. The van der Waals surface area contributed by atoms with Crippen molar-refractivity contribution in [1.82, 2.24) is 4.98 Å². The van der Waals surface area contributed by atoms with Crippen LogP contribution < -0.4 is 5.73 Å². The molecule has 2 heteroatoms. The maximum Gasteiger partial charge on any atom is 0.0503 e. The lowest BCUT2D eigenvalue weighted by Crippen LogP contribution is -2.48. The lowest BCUT2D eigenvalue weighted by Gasteiger charge is -2.57. The highest BCUT2D eigenvalue weighted by Crippen LogP contribution is 2.60. The highest BCUT2D eigenvalue weighted by atomic mass is 14.7. The molecular formula is C15H20N2. The smallest absolute Gasteiger partial charge is 0.0503 e. The lowest BCUT2D eigenvalue weighted by atomic mass is 9.48. The summed E-state index contributed by atoms with van der Waals surface area (Å²) in [6.45, 7) is 0. The Labute approximate surface area is 103 Å². The maximum atomic E-state index is 5.91. The first kappa shape index (κ1) is 9.93. The van der Waals surface area contributed by atoms with Gasteiger partial charge < -0.3 is 5.73 Å². The first-order valence-corrected chi connectivity index (χ1v) is 6.94. The minimum atomic E-state index is 0.442. The van der Waals surface area contributed by atoms with Gasteiger partial charge in [-0.2, -0.15) is 0 Å². The molecule has 0 spiro atoms. The number of nitrogens with zero attached hydrogens (tertiary/aromatic N) is 1. The molecule has 1 heterocycles. The third-order valence-corrected chi connectivity index (χ3v) is 5.41. The Hall–Kier alpha value is -1.05. The second-order valence-corrected chi connectivity index (χ2v) is 6.70. The van der Waals surface area contributed by atoms with Crippen molar-refractivity contribution in [1.29, 1.82) is 0 Å². The average Bonchev–Trinajstić information content (AvgIpc) is 2.27. The molecule has 4 aliphatic carbocycles. The van der Waals surface area contributed by atoms with Crippen LogP contribution in [0.1, 0.15) is 44.1 Å². The SMILES string of the molecule is Nc1cncc(C23CC4CC(CC(C4)C2)C3)c1. The summed E-state index contributed by atoms with van der Waals surface area (Å²) in [6.07, 6.45) is 12.5. The summed E-state index contributed by atoms with van der Waals surface area (Å²) in [7, 11) is 0. The summed E-state index contributed by atoms with van der Waals surface area (Å²) in [4.78, 5) is 4.32. The third kappa shape index (κ3) is 1.42. The number of rotatable bonds is 1. The van der Waals surface area contributed by atoms with Crippen LogP contribution in [0.2, 0.25) is 0 Å². The minimum absolute atomic E-state index is 0.442. The van der Waals surface area contributed by atoms with E-state index in [1.165, 1.54) is 44.1 Å². The Kier molecular flexibility index (Phi) is 1.89. The van der Waals surface area contributed by atoms with Gasteiger partial charge >= 0.3 is 0 Å². The quantitative estimate of drug-likeness (QED) is 0.802. The van der Waals surface area contributed by atoms with Crippen LogP contribution in [0.5, 0.6) is 0 Å². The molecule has 0 saturated heterocycles. The summed E-state index contributed by atoms with van der Waals surface area (Å²) in [6, 6.07) is 2.18. The van der Waals surface area contributed by atoms with E-state index in [-0.39, 0.29) is 0 Å². The molecule has 4 fully saturated rings. The van der Waals surface area contributed by atoms with Crippen molar-refractivity contribution in [2.45, 2.75) is 43.9 Å². The van der Waals surface area contributed by atoms with Crippen LogP contribution >= 0.6 is 0 Å². The summed E-state index contributed by atoms with van der Waals surface area (Å²) >= 11 is 0. The van der Waals surface area contributed by atoms with Crippen LogP contribution in [0.4, 0.5) is 5.69 Å². The number of hydrogen-bond acceptors (Lipinski definition) is 2. The van der Waals surface area contributed by atoms with Gasteiger partial charge in [0, 0.05) is 12.4 Å². The summed E-state index contributed by atoms with van der Waals surface area (Å²) in [5.41, 5.74) is 8.62. The van der Waals surface area contributed by atoms with Gasteiger partial charge in [-0.05, 0) is 73.3 Å². The monoisotopic (exact) mass is 228 g/mol. The van der Waals surface area contributed by atoms with Crippen LogP contribution in [-0.4, -0.2) is 4.98 Å². The van der Waals surface area contributed by atoms with Gasteiger partial charge in [-0.15, -0.1) is 0 Å². The molecule has 1 aromatic heterocycles. The number of aromatic nitrogens is 1. The van der Waals surface area contributed by atoms with Crippen LogP contribution in [0.15, 0.2) is 18.5 Å². The Bertz CT molecular complexity index is 417. The van der Waals surface area contributed by atoms with Gasteiger partial charge in [0.25, 0.3) is 0 Å². The minimum Gasteiger partial charge on any atom is -0.397 e. The van der Waals surface area contributed by atoms with Crippen LogP contribution in [0, 0.1) is 17.8 Å². The first-order valence-electron chi connectivity index (χ1n) is 6.94. The van der Waals surface area contributed by atoms with Gasteiger partial charge in [-0.1, -0.05) is 0 Å². The van der Waals surface area contributed by atoms with E-state index in [4.69, 9.17) is 5.73 Å². The fraction of sp³-hybridized carbons (Fsp3) is 0.667. The molecule has 1 aromatic rings. The molecule has 4 aliphatic rings. The molecule has 0 atom stereocenters. The molecule has 0 aliphatic heterocycles. The van der Waals surface area contributed by atoms with Crippen molar-refractivity contribution < 1.29 is 0 Å². The third-order valence-electron chi connectivity index (χ3n) is 5.41. The average molecular weight is 228 g/mol. The van der Waals surface area contributed by atoms with Crippen LogP contribution in [-0.2, 0) is 5.41 Å². The summed E-state index contributed by atoms with van der Waals surface area (Å²) in [5, 5.41) is 0. The molecule has 0 unspecified atom stereocenters. The molecule has 0 amide bonds. The van der Waals surface area contributed by atoms with E-state index in [0.29, 0.717) is 5.41 Å². The van der Waals surface area contributed by atoms with Gasteiger partial charge in [-0.25, -0.2) is 0 Å². The fourth-order valence-electron chi connectivity index (χ4n) is 5.21. The van der Waals surface area contributed by atoms with Crippen LogP contribution in [0.3, 0.4) is 0 Å². The van der Waals surface area contributed by atoms with Crippen LogP contribution in [0.25, 0.3) is 0 Å². The summed E-state index contributed by atoms with van der Waals surface area (Å²) in [5.74, 6) is 2.97. The molecule has 0 aromatic carbocycles. The Balaban J connectivity index is 1.77. The van der Waals surface area contributed by atoms with Gasteiger partial charge in [-0.3, -0.25) is 4.98 Å². The number of hydrogen-bond donors (Lipinski definition) is 1. The van der Waals surface area contributed by atoms with Crippen molar-refractivity contribution >= 4 is 5.69 Å². The Morgan fingerprint density at radius 1 is 1.00 bits per heavy atom. The number of nitrogen functional groups attached to an aromatic ring is 1. The van der Waals surface area contributed by atoms with E-state index in [1.807, 2.05) is 0 Å². The van der Waals surface area contributed by atoms with Crippen molar-refractivity contribution in [2.24, 2.45) is 17.8 Å². The van der Waals surface area contributed by atoms with Gasteiger partial charge in [0.1, 0.15) is 0 Å². The number of anilines is 1. The predicted molar refractivity (Wildman–Crippen MR) is 68.5 cm³/mol. The largest absolute Gasteiger partial charge is 0.397 e. The van der Waals surface area contributed by atoms with E-state index >= 15 is 0 Å². The molecule has 2 N–H and O–H groups in total. The molecule has 90 valence electrons. The second kappa shape index (κ2) is 3.24. The normalized spacial score (nSPS) is 42.9. The number of pyridine rings is 1. The molecule has 17 heavy (non-hydrogen) atoms. The standard InChI is InChI=1S/C15H20N2/c16-14-4-13(8-17-9-14)15-5-10-1-11(6-15)3-12(2-10)7-15/h4,8-12H,1-3,5-7,16H2. The molecular weight excluding hydrogens is 208 g/mol. The Morgan fingerprint density at radius 3 is 2.12 bits per heavy atom.